The summed E-state index contributed by atoms with van der Waals surface area (Å²) in [5, 5.41) is 9.14. The first-order valence-electron chi connectivity index (χ1n) is 6.59. The predicted octanol–water partition coefficient (Wildman–Crippen LogP) is 0.536. The average Bonchev–Trinajstić information content (AvgIpc) is 2.85. The summed E-state index contributed by atoms with van der Waals surface area (Å²) in [6.07, 6.45) is 1.91. The number of ether oxygens (including phenoxy) is 1. The van der Waals surface area contributed by atoms with Crippen molar-refractivity contribution in [2.45, 2.75) is 38.3 Å². The number of carboxylic acid groups (broad SMARTS) is 1. The zero-order valence-corrected chi connectivity index (χ0v) is 12.1. The van der Waals surface area contributed by atoms with Crippen molar-refractivity contribution in [1.29, 1.82) is 0 Å². The molecule has 0 radical (unpaired) electrons. The number of carbonyl (C=O) groups is 1. The van der Waals surface area contributed by atoms with Crippen LogP contribution in [0, 0.1) is 11.8 Å². The molecule has 4 unspecified atom stereocenters. The number of sulfonamides is 1. The van der Waals surface area contributed by atoms with Crippen molar-refractivity contribution in [3.63, 3.8) is 0 Å². The molecule has 0 saturated carbocycles. The molecule has 6 nitrogen and oxygen atoms in total. The lowest BCUT2D eigenvalue weighted by Gasteiger charge is -2.24. The molecule has 2 aliphatic heterocycles. The molecular formula is C12H21NO5S. The molecule has 2 fully saturated rings. The van der Waals surface area contributed by atoms with Crippen LogP contribution in [-0.2, 0) is 19.6 Å². The van der Waals surface area contributed by atoms with Crippen LogP contribution in [0.2, 0.25) is 0 Å². The Bertz CT molecular complexity index is 449. The number of rotatable bonds is 6. The summed E-state index contributed by atoms with van der Waals surface area (Å²) >= 11 is 0. The van der Waals surface area contributed by atoms with Gasteiger partial charge in [0.25, 0.3) is 0 Å². The SMILES string of the molecule is COCC(C)CS(=O)(=O)N1C2CCC1C(C(=O)O)C2. The van der Waals surface area contributed by atoms with E-state index in [4.69, 9.17) is 9.84 Å². The highest BCUT2D eigenvalue weighted by Gasteiger charge is 2.54. The van der Waals surface area contributed by atoms with Gasteiger partial charge in [-0.05, 0) is 25.2 Å². The van der Waals surface area contributed by atoms with E-state index in [1.165, 1.54) is 4.31 Å². The van der Waals surface area contributed by atoms with Crippen molar-refractivity contribution in [2.75, 3.05) is 19.5 Å². The first-order chi connectivity index (χ1) is 8.86. The second-order valence-electron chi connectivity index (χ2n) is 5.65. The summed E-state index contributed by atoms with van der Waals surface area (Å²) in [6.45, 7) is 2.22. The van der Waals surface area contributed by atoms with Crippen LogP contribution in [0.25, 0.3) is 0 Å². The summed E-state index contributed by atoms with van der Waals surface area (Å²) in [7, 11) is -1.85. The molecule has 2 bridgehead atoms. The summed E-state index contributed by atoms with van der Waals surface area (Å²) in [4.78, 5) is 11.1. The Morgan fingerprint density at radius 2 is 2.16 bits per heavy atom. The molecule has 2 aliphatic rings. The van der Waals surface area contributed by atoms with E-state index in [1.807, 2.05) is 6.92 Å². The van der Waals surface area contributed by atoms with Gasteiger partial charge in [-0.1, -0.05) is 6.92 Å². The maximum absolute atomic E-state index is 12.4. The van der Waals surface area contributed by atoms with Crippen LogP contribution < -0.4 is 0 Å². The third-order valence-corrected chi connectivity index (χ3v) is 6.26. The van der Waals surface area contributed by atoms with Crippen LogP contribution in [0.1, 0.15) is 26.2 Å². The van der Waals surface area contributed by atoms with Crippen molar-refractivity contribution in [3.8, 4) is 0 Å². The van der Waals surface area contributed by atoms with Gasteiger partial charge in [0.05, 0.1) is 11.7 Å². The Morgan fingerprint density at radius 1 is 1.47 bits per heavy atom. The lowest BCUT2D eigenvalue weighted by atomic mass is 9.89. The molecule has 110 valence electrons. The van der Waals surface area contributed by atoms with Gasteiger partial charge in [-0.2, -0.15) is 4.31 Å². The predicted molar refractivity (Wildman–Crippen MR) is 69.2 cm³/mol. The molecule has 0 aromatic carbocycles. The normalized spacial score (nSPS) is 32.6. The molecular weight excluding hydrogens is 270 g/mol. The maximum atomic E-state index is 12.4. The molecule has 2 rings (SSSR count). The first-order valence-corrected chi connectivity index (χ1v) is 8.20. The van der Waals surface area contributed by atoms with Crippen LogP contribution >= 0.6 is 0 Å². The second-order valence-corrected chi connectivity index (χ2v) is 7.57. The molecule has 0 aromatic heterocycles. The van der Waals surface area contributed by atoms with Crippen molar-refractivity contribution < 1.29 is 23.1 Å². The van der Waals surface area contributed by atoms with Crippen molar-refractivity contribution in [2.24, 2.45) is 11.8 Å². The highest BCUT2D eigenvalue weighted by atomic mass is 32.2. The van der Waals surface area contributed by atoms with E-state index in [0.717, 1.165) is 6.42 Å². The lowest BCUT2D eigenvalue weighted by molar-refractivity contribution is -0.142. The number of nitrogens with zero attached hydrogens (tertiary/aromatic N) is 1. The van der Waals surface area contributed by atoms with E-state index in [-0.39, 0.29) is 23.8 Å². The minimum atomic E-state index is -3.39. The number of aliphatic carboxylic acids is 1. The fraction of sp³-hybridized carbons (Fsp3) is 0.917. The van der Waals surface area contributed by atoms with Crippen molar-refractivity contribution >= 4 is 16.0 Å². The molecule has 2 heterocycles. The van der Waals surface area contributed by atoms with Gasteiger partial charge in [0.2, 0.25) is 10.0 Å². The second kappa shape index (κ2) is 5.38. The Hall–Kier alpha value is -0.660. The largest absolute Gasteiger partial charge is 0.481 e. The molecule has 0 amide bonds. The van der Waals surface area contributed by atoms with E-state index in [2.05, 4.69) is 0 Å². The van der Waals surface area contributed by atoms with E-state index in [9.17, 15) is 13.2 Å². The molecule has 4 atom stereocenters. The number of hydrogen-bond acceptors (Lipinski definition) is 4. The molecule has 1 N–H and O–H groups in total. The number of methoxy groups -OCH3 is 1. The molecule has 19 heavy (non-hydrogen) atoms. The van der Waals surface area contributed by atoms with E-state index < -0.39 is 21.9 Å². The van der Waals surface area contributed by atoms with E-state index in [0.29, 0.717) is 19.4 Å². The zero-order chi connectivity index (χ0) is 14.2. The lowest BCUT2D eigenvalue weighted by Crippen LogP contribution is -2.40. The van der Waals surface area contributed by atoms with Crippen molar-refractivity contribution in [1.82, 2.24) is 4.31 Å². The van der Waals surface area contributed by atoms with Gasteiger partial charge < -0.3 is 9.84 Å². The van der Waals surface area contributed by atoms with Crippen LogP contribution in [0.15, 0.2) is 0 Å². The Labute approximate surface area is 113 Å². The standard InChI is InChI=1S/C12H21NO5S/c1-8(6-18-2)7-19(16,17)13-9-3-4-11(13)10(5-9)12(14)15/h8-11H,3-7H2,1-2H3,(H,14,15). The first kappa shape index (κ1) is 14.7. The van der Waals surface area contributed by atoms with Gasteiger partial charge in [-0.3, -0.25) is 4.79 Å². The maximum Gasteiger partial charge on any atom is 0.308 e. The number of hydrogen-bond donors (Lipinski definition) is 1. The summed E-state index contributed by atoms with van der Waals surface area (Å²) in [5.74, 6) is -1.47. The van der Waals surface area contributed by atoms with Crippen LogP contribution in [0.4, 0.5) is 0 Å². The van der Waals surface area contributed by atoms with Gasteiger partial charge in [-0.15, -0.1) is 0 Å². The average molecular weight is 291 g/mol. The smallest absolute Gasteiger partial charge is 0.308 e. The molecule has 7 heteroatoms. The van der Waals surface area contributed by atoms with Gasteiger partial charge >= 0.3 is 5.97 Å². The van der Waals surface area contributed by atoms with Gasteiger partial charge in [0.15, 0.2) is 0 Å². The summed E-state index contributed by atoms with van der Waals surface area (Å²) in [6, 6.07) is -0.465. The monoisotopic (exact) mass is 291 g/mol. The Kier molecular flexibility index (Phi) is 4.17. The quantitative estimate of drug-likeness (QED) is 0.772. The van der Waals surface area contributed by atoms with E-state index >= 15 is 0 Å². The minimum absolute atomic E-state index is 0.0280. The third-order valence-electron chi connectivity index (χ3n) is 4.06. The highest BCUT2D eigenvalue weighted by Crippen LogP contribution is 2.43. The van der Waals surface area contributed by atoms with Gasteiger partial charge in [0.1, 0.15) is 0 Å². The van der Waals surface area contributed by atoms with Gasteiger partial charge in [-0.25, -0.2) is 8.42 Å². The molecule has 2 saturated heterocycles. The van der Waals surface area contributed by atoms with E-state index in [1.54, 1.807) is 7.11 Å². The molecule has 0 aliphatic carbocycles. The fourth-order valence-electron chi connectivity index (χ4n) is 3.42. The highest BCUT2D eigenvalue weighted by molar-refractivity contribution is 7.89. The summed E-state index contributed by atoms with van der Waals surface area (Å²) < 4.78 is 31.3. The van der Waals surface area contributed by atoms with Crippen LogP contribution in [-0.4, -0.2) is 55.4 Å². The third kappa shape index (κ3) is 2.78. The molecule has 0 spiro atoms. The Balaban J connectivity index is 2.12. The van der Waals surface area contributed by atoms with Gasteiger partial charge in [0, 0.05) is 25.8 Å². The fourth-order valence-corrected chi connectivity index (χ4v) is 5.71. The molecule has 0 aromatic rings. The number of carboxylic acids is 1. The van der Waals surface area contributed by atoms with Crippen LogP contribution in [0.5, 0.6) is 0 Å². The number of fused-ring (bicyclic) bond motifs is 2. The topological polar surface area (TPSA) is 83.9 Å². The van der Waals surface area contributed by atoms with Crippen molar-refractivity contribution in [3.05, 3.63) is 0 Å². The zero-order valence-electron chi connectivity index (χ0n) is 11.3. The Morgan fingerprint density at radius 3 is 2.68 bits per heavy atom. The minimum Gasteiger partial charge on any atom is -0.481 e. The van der Waals surface area contributed by atoms with Crippen LogP contribution in [0.3, 0.4) is 0 Å². The summed E-state index contributed by atoms with van der Waals surface area (Å²) in [5.41, 5.74) is 0.